The second-order valence-corrected chi connectivity index (χ2v) is 5.41. The van der Waals surface area contributed by atoms with Gasteiger partial charge in [0.1, 0.15) is 5.82 Å². The van der Waals surface area contributed by atoms with Crippen LogP contribution in [0.3, 0.4) is 0 Å². The van der Waals surface area contributed by atoms with Crippen LogP contribution in [0, 0.1) is 6.92 Å². The molecule has 0 aliphatic carbocycles. The molecule has 1 heterocycles. The van der Waals surface area contributed by atoms with Crippen LogP contribution in [-0.4, -0.2) is 16.8 Å². The van der Waals surface area contributed by atoms with E-state index in [4.69, 9.17) is 0 Å². The summed E-state index contributed by atoms with van der Waals surface area (Å²) in [7, 11) is 0. The molecule has 2 amide bonds. The molecule has 114 valence electrons. The number of hydrogen-bond donors (Lipinski definition) is 2. The van der Waals surface area contributed by atoms with Gasteiger partial charge in [-0.25, -0.2) is 4.98 Å². The van der Waals surface area contributed by atoms with E-state index >= 15 is 0 Å². The number of nitrogens with one attached hydrogen (secondary N) is 2. The normalized spacial score (nSPS) is 10.4. The zero-order chi connectivity index (χ0) is 16.1. The maximum absolute atomic E-state index is 11.9. The molecular formula is C17H19N3O2. The molecule has 22 heavy (non-hydrogen) atoms. The summed E-state index contributed by atoms with van der Waals surface area (Å²) < 4.78 is 0. The highest BCUT2D eigenvalue weighted by atomic mass is 16.2. The number of carbonyl (C=O) groups is 2. The van der Waals surface area contributed by atoms with Crippen LogP contribution >= 0.6 is 0 Å². The Bertz CT molecular complexity index is 661. The molecule has 2 N–H and O–H groups in total. The summed E-state index contributed by atoms with van der Waals surface area (Å²) in [4.78, 5) is 27.7. The second kappa shape index (κ2) is 6.85. The third kappa shape index (κ3) is 4.15. The number of hydrogen-bond acceptors (Lipinski definition) is 3. The Morgan fingerprint density at radius 3 is 2.14 bits per heavy atom. The fourth-order valence-electron chi connectivity index (χ4n) is 1.85. The molecule has 0 atom stereocenters. The van der Waals surface area contributed by atoms with Gasteiger partial charge in [0.15, 0.2) is 0 Å². The van der Waals surface area contributed by atoms with E-state index in [1.165, 1.54) is 5.56 Å². The number of benzene rings is 1. The Hall–Kier alpha value is -2.69. The van der Waals surface area contributed by atoms with Crippen LogP contribution in [0.5, 0.6) is 0 Å². The van der Waals surface area contributed by atoms with Crippen LogP contribution < -0.4 is 10.6 Å². The summed E-state index contributed by atoms with van der Waals surface area (Å²) in [5.41, 5.74) is 2.74. The predicted octanol–water partition coefficient (Wildman–Crippen LogP) is 3.09. The average Bonchev–Trinajstić information content (AvgIpc) is 2.50. The van der Waals surface area contributed by atoms with Gasteiger partial charge in [-0.05, 0) is 42.2 Å². The molecule has 0 radical (unpaired) electrons. The Morgan fingerprint density at radius 1 is 0.955 bits per heavy atom. The highest BCUT2D eigenvalue weighted by molar-refractivity contribution is 6.43. The van der Waals surface area contributed by atoms with Crippen molar-refractivity contribution < 1.29 is 9.59 Å². The third-order valence-corrected chi connectivity index (χ3v) is 3.19. The lowest BCUT2D eigenvalue weighted by atomic mass is 10.0. The third-order valence-electron chi connectivity index (χ3n) is 3.19. The van der Waals surface area contributed by atoms with Gasteiger partial charge in [0, 0.05) is 11.9 Å². The number of rotatable bonds is 3. The van der Waals surface area contributed by atoms with E-state index in [0.29, 0.717) is 17.4 Å². The average molecular weight is 297 g/mol. The first kappa shape index (κ1) is 15.7. The Kier molecular flexibility index (Phi) is 4.88. The van der Waals surface area contributed by atoms with Gasteiger partial charge in [0.25, 0.3) is 0 Å². The maximum Gasteiger partial charge on any atom is 0.315 e. The van der Waals surface area contributed by atoms with E-state index in [0.717, 1.165) is 5.56 Å². The van der Waals surface area contributed by atoms with Gasteiger partial charge in [-0.3, -0.25) is 9.59 Å². The van der Waals surface area contributed by atoms with Gasteiger partial charge in [-0.1, -0.05) is 32.0 Å². The van der Waals surface area contributed by atoms with E-state index in [1.54, 1.807) is 24.4 Å². The fourth-order valence-corrected chi connectivity index (χ4v) is 1.85. The van der Waals surface area contributed by atoms with E-state index in [-0.39, 0.29) is 0 Å². The van der Waals surface area contributed by atoms with Crippen LogP contribution in [0.1, 0.15) is 30.9 Å². The van der Waals surface area contributed by atoms with Gasteiger partial charge in [-0.2, -0.15) is 0 Å². The van der Waals surface area contributed by atoms with Crippen LogP contribution in [0.25, 0.3) is 0 Å². The highest BCUT2D eigenvalue weighted by Crippen LogP contribution is 2.17. The van der Waals surface area contributed by atoms with Crippen molar-refractivity contribution >= 4 is 23.3 Å². The molecule has 1 aromatic carbocycles. The van der Waals surface area contributed by atoms with Crippen LogP contribution in [0.15, 0.2) is 42.6 Å². The summed E-state index contributed by atoms with van der Waals surface area (Å²) in [5.74, 6) is -0.703. The molecule has 0 saturated heterocycles. The number of anilines is 2. The standard InChI is InChI=1S/C17H19N3O2/c1-11(2)13-5-7-14(8-6-13)19-16(21)17(22)20-15-9-4-12(3)10-18-15/h4-11H,1-3H3,(H,19,21)(H,18,20,22). The minimum atomic E-state index is -0.746. The number of aryl methyl sites for hydroxylation is 1. The van der Waals surface area contributed by atoms with Crippen LogP contribution in [0.4, 0.5) is 11.5 Å². The monoisotopic (exact) mass is 297 g/mol. The van der Waals surface area contributed by atoms with Crippen molar-refractivity contribution in [1.29, 1.82) is 0 Å². The summed E-state index contributed by atoms with van der Waals surface area (Å²) in [6.07, 6.45) is 1.62. The molecular weight excluding hydrogens is 278 g/mol. The number of nitrogens with zero attached hydrogens (tertiary/aromatic N) is 1. The molecule has 0 spiro atoms. The lowest BCUT2D eigenvalue weighted by molar-refractivity contribution is -0.133. The SMILES string of the molecule is Cc1ccc(NC(=O)C(=O)Nc2ccc(C(C)C)cc2)nc1. The molecule has 0 unspecified atom stereocenters. The molecule has 2 aromatic rings. The molecule has 5 heteroatoms. The van der Waals surface area contributed by atoms with E-state index in [1.807, 2.05) is 25.1 Å². The highest BCUT2D eigenvalue weighted by Gasteiger charge is 2.14. The van der Waals surface area contributed by atoms with Crippen molar-refractivity contribution in [1.82, 2.24) is 4.98 Å². The predicted molar refractivity (Wildman–Crippen MR) is 86.8 cm³/mol. The van der Waals surface area contributed by atoms with Crippen LogP contribution in [-0.2, 0) is 9.59 Å². The molecule has 1 aromatic heterocycles. The van der Waals surface area contributed by atoms with Gasteiger partial charge in [0.05, 0.1) is 0 Å². The van der Waals surface area contributed by atoms with Crippen LogP contribution in [0.2, 0.25) is 0 Å². The van der Waals surface area contributed by atoms with E-state index < -0.39 is 11.8 Å². The molecule has 0 aliphatic heterocycles. The zero-order valence-corrected chi connectivity index (χ0v) is 12.9. The molecule has 0 saturated carbocycles. The quantitative estimate of drug-likeness (QED) is 0.855. The van der Waals surface area contributed by atoms with Crippen molar-refractivity contribution in [2.24, 2.45) is 0 Å². The number of amides is 2. The maximum atomic E-state index is 11.9. The number of pyridine rings is 1. The first-order valence-electron chi connectivity index (χ1n) is 7.10. The minimum Gasteiger partial charge on any atom is -0.318 e. The molecule has 0 fully saturated rings. The molecule has 0 aliphatic rings. The largest absolute Gasteiger partial charge is 0.318 e. The number of carbonyl (C=O) groups excluding carboxylic acids is 2. The summed E-state index contributed by atoms with van der Waals surface area (Å²) in [6.45, 7) is 6.08. The Labute approximate surface area is 129 Å². The van der Waals surface area contributed by atoms with Crippen molar-refractivity contribution in [3.05, 3.63) is 53.7 Å². The zero-order valence-electron chi connectivity index (χ0n) is 12.9. The van der Waals surface area contributed by atoms with Gasteiger partial charge < -0.3 is 10.6 Å². The molecule has 2 rings (SSSR count). The van der Waals surface area contributed by atoms with Gasteiger partial charge in [-0.15, -0.1) is 0 Å². The lowest BCUT2D eigenvalue weighted by Crippen LogP contribution is -2.29. The second-order valence-electron chi connectivity index (χ2n) is 5.41. The smallest absolute Gasteiger partial charge is 0.315 e. The Balaban J connectivity index is 1.96. The topological polar surface area (TPSA) is 71.1 Å². The van der Waals surface area contributed by atoms with E-state index in [2.05, 4.69) is 29.5 Å². The summed E-state index contributed by atoms with van der Waals surface area (Å²) in [5, 5.41) is 5.02. The lowest BCUT2D eigenvalue weighted by Gasteiger charge is -2.08. The van der Waals surface area contributed by atoms with Crippen molar-refractivity contribution in [3.63, 3.8) is 0 Å². The minimum absolute atomic E-state index is 0.348. The number of aromatic nitrogens is 1. The van der Waals surface area contributed by atoms with E-state index in [9.17, 15) is 9.59 Å². The van der Waals surface area contributed by atoms with Gasteiger partial charge in [0.2, 0.25) is 0 Å². The molecule has 0 bridgehead atoms. The fraction of sp³-hybridized carbons (Fsp3) is 0.235. The summed E-state index contributed by atoms with van der Waals surface area (Å²) >= 11 is 0. The van der Waals surface area contributed by atoms with Crippen molar-refractivity contribution in [3.8, 4) is 0 Å². The van der Waals surface area contributed by atoms with Crippen molar-refractivity contribution in [2.75, 3.05) is 10.6 Å². The Morgan fingerprint density at radius 2 is 1.59 bits per heavy atom. The van der Waals surface area contributed by atoms with Crippen molar-refractivity contribution in [2.45, 2.75) is 26.7 Å². The first-order valence-corrected chi connectivity index (χ1v) is 7.10. The first-order chi connectivity index (χ1) is 10.5. The molecule has 5 nitrogen and oxygen atoms in total. The summed E-state index contributed by atoms with van der Waals surface area (Å²) in [6, 6.07) is 10.9. The van der Waals surface area contributed by atoms with Gasteiger partial charge >= 0.3 is 11.8 Å².